The van der Waals surface area contributed by atoms with Crippen LogP contribution in [0, 0.1) is 12.8 Å². The summed E-state index contributed by atoms with van der Waals surface area (Å²) in [6, 6.07) is 3.86. The highest BCUT2D eigenvalue weighted by Gasteiger charge is 2.32. The first kappa shape index (κ1) is 21.4. The zero-order valence-electron chi connectivity index (χ0n) is 16.2. The first-order chi connectivity index (χ1) is 12.2. The van der Waals surface area contributed by atoms with E-state index < -0.39 is 11.0 Å². The molecule has 1 aromatic carbocycles. The van der Waals surface area contributed by atoms with E-state index in [1.165, 1.54) is 0 Å². The van der Waals surface area contributed by atoms with Crippen molar-refractivity contribution in [3.63, 3.8) is 0 Å². The van der Waals surface area contributed by atoms with Crippen molar-refractivity contribution in [3.05, 3.63) is 40.9 Å². The molecule has 1 aromatic rings. The fourth-order valence-corrected chi connectivity index (χ4v) is 4.15. The summed E-state index contributed by atoms with van der Waals surface area (Å²) in [6.45, 7) is 14.0. The maximum absolute atomic E-state index is 12.9. The highest BCUT2D eigenvalue weighted by atomic mass is 35.5. The largest absolute Gasteiger partial charge is 0.489 e. The maximum atomic E-state index is 12.9. The van der Waals surface area contributed by atoms with Crippen LogP contribution < -0.4 is 14.8 Å². The third-order valence-corrected chi connectivity index (χ3v) is 6.62. The molecule has 146 valence electrons. The topological polar surface area (TPSA) is 50.4 Å². The summed E-state index contributed by atoms with van der Waals surface area (Å²) in [7, 11) is -1.18. The number of hydrogen-bond acceptors (Lipinski definition) is 3. The van der Waals surface area contributed by atoms with Crippen molar-refractivity contribution in [1.29, 1.82) is 0 Å². The molecule has 2 N–H and O–H groups in total. The van der Waals surface area contributed by atoms with Gasteiger partial charge >= 0.3 is 0 Å². The highest BCUT2D eigenvalue weighted by molar-refractivity contribution is 7.84. The third kappa shape index (κ3) is 5.56. The SMILES string of the molecule is C=CCOc1cc(C)c(Cl)cc1[C@H](NS(=O)C(C)(C)C)C1CCNCC1. The van der Waals surface area contributed by atoms with Crippen molar-refractivity contribution in [1.82, 2.24) is 10.0 Å². The zero-order chi connectivity index (χ0) is 19.3. The Bertz CT molecular complexity index is 652. The molecule has 26 heavy (non-hydrogen) atoms. The molecule has 1 unspecified atom stereocenters. The molecule has 1 fully saturated rings. The molecule has 1 aliphatic rings. The van der Waals surface area contributed by atoms with Crippen LogP contribution in [-0.4, -0.2) is 28.7 Å². The molecule has 1 saturated heterocycles. The lowest BCUT2D eigenvalue weighted by molar-refractivity contribution is 0.295. The van der Waals surface area contributed by atoms with Gasteiger partial charge in [0.25, 0.3) is 0 Å². The molecule has 2 rings (SSSR count). The Morgan fingerprint density at radius 3 is 2.65 bits per heavy atom. The third-order valence-electron chi connectivity index (χ3n) is 4.63. The van der Waals surface area contributed by atoms with E-state index >= 15 is 0 Å². The Morgan fingerprint density at radius 2 is 2.08 bits per heavy atom. The highest BCUT2D eigenvalue weighted by Crippen LogP contribution is 2.38. The van der Waals surface area contributed by atoms with Crippen molar-refractivity contribution >= 4 is 22.6 Å². The molecule has 0 saturated carbocycles. The van der Waals surface area contributed by atoms with Gasteiger partial charge in [-0.3, -0.25) is 0 Å². The average molecular weight is 399 g/mol. The number of hydrogen-bond donors (Lipinski definition) is 2. The van der Waals surface area contributed by atoms with Gasteiger partial charge in [0.1, 0.15) is 12.4 Å². The summed E-state index contributed by atoms with van der Waals surface area (Å²) in [4.78, 5) is 0. The quantitative estimate of drug-likeness (QED) is 0.673. The molecule has 0 aliphatic carbocycles. The van der Waals surface area contributed by atoms with E-state index in [0.29, 0.717) is 17.5 Å². The minimum atomic E-state index is -1.18. The van der Waals surface area contributed by atoms with E-state index in [1.807, 2.05) is 39.8 Å². The summed E-state index contributed by atoms with van der Waals surface area (Å²) in [5.41, 5.74) is 1.95. The van der Waals surface area contributed by atoms with Crippen molar-refractivity contribution in [2.45, 2.75) is 51.3 Å². The van der Waals surface area contributed by atoms with Crippen molar-refractivity contribution < 1.29 is 8.95 Å². The first-order valence-corrected chi connectivity index (χ1v) is 10.7. The standard InChI is InChI=1S/C20H31ClN2O2S/c1-6-11-25-18-12-14(2)17(21)13-16(18)19(15-7-9-22-10-8-15)23-26(24)20(3,4)5/h6,12-13,15,19,22-23H,1,7-11H2,2-5H3/t19-,26?/m1/s1. The first-order valence-electron chi connectivity index (χ1n) is 9.16. The van der Waals surface area contributed by atoms with Crippen LogP contribution in [0.1, 0.15) is 50.8 Å². The Balaban J connectivity index is 2.44. The van der Waals surface area contributed by atoms with Gasteiger partial charge in [-0.2, -0.15) is 0 Å². The van der Waals surface area contributed by atoms with E-state index in [-0.39, 0.29) is 10.8 Å². The summed E-state index contributed by atoms with van der Waals surface area (Å²) in [5, 5.41) is 4.10. The number of piperidine rings is 1. The summed E-state index contributed by atoms with van der Waals surface area (Å²) >= 11 is 6.44. The van der Waals surface area contributed by atoms with Gasteiger partial charge in [0.05, 0.1) is 21.8 Å². The van der Waals surface area contributed by atoms with Gasteiger partial charge < -0.3 is 10.1 Å². The Hall–Kier alpha value is -0.880. The zero-order valence-corrected chi connectivity index (χ0v) is 17.8. The lowest BCUT2D eigenvalue weighted by Gasteiger charge is -2.34. The van der Waals surface area contributed by atoms with Crippen LogP contribution in [0.3, 0.4) is 0 Å². The van der Waals surface area contributed by atoms with E-state index in [1.54, 1.807) is 6.08 Å². The molecule has 1 heterocycles. The Morgan fingerprint density at radius 1 is 1.42 bits per heavy atom. The molecule has 0 spiro atoms. The Kier molecular flexibility index (Phi) is 7.71. The molecule has 0 radical (unpaired) electrons. The molecule has 2 atom stereocenters. The van der Waals surface area contributed by atoms with Crippen LogP contribution in [0.25, 0.3) is 0 Å². The van der Waals surface area contributed by atoms with Gasteiger partial charge in [0, 0.05) is 10.6 Å². The van der Waals surface area contributed by atoms with E-state index in [4.69, 9.17) is 16.3 Å². The number of nitrogens with one attached hydrogen (secondary N) is 2. The fraction of sp³-hybridized carbons (Fsp3) is 0.600. The number of aryl methyl sites for hydroxylation is 1. The lowest BCUT2D eigenvalue weighted by atomic mass is 9.86. The monoisotopic (exact) mass is 398 g/mol. The van der Waals surface area contributed by atoms with Gasteiger partial charge in [0.2, 0.25) is 0 Å². The second-order valence-corrected chi connectivity index (χ2v) is 10.2. The normalized spacial score (nSPS) is 18.3. The molecule has 1 aliphatic heterocycles. The molecule has 4 nitrogen and oxygen atoms in total. The van der Waals surface area contributed by atoms with Crippen molar-refractivity contribution in [3.8, 4) is 5.75 Å². The predicted octanol–water partition coefficient (Wildman–Crippen LogP) is 4.31. The number of rotatable bonds is 7. The van der Waals surface area contributed by atoms with Crippen LogP contribution in [0.4, 0.5) is 0 Å². The molecule has 0 bridgehead atoms. The van der Waals surface area contributed by atoms with Crippen LogP contribution in [-0.2, 0) is 11.0 Å². The van der Waals surface area contributed by atoms with Crippen LogP contribution in [0.15, 0.2) is 24.8 Å². The van der Waals surface area contributed by atoms with E-state index in [0.717, 1.165) is 42.8 Å². The van der Waals surface area contributed by atoms with Gasteiger partial charge in [-0.25, -0.2) is 8.93 Å². The second-order valence-electron chi connectivity index (χ2n) is 7.80. The summed E-state index contributed by atoms with van der Waals surface area (Å²) in [5.74, 6) is 1.15. The van der Waals surface area contributed by atoms with Gasteiger partial charge in [0.15, 0.2) is 0 Å². The van der Waals surface area contributed by atoms with Crippen LogP contribution in [0.5, 0.6) is 5.75 Å². The minimum absolute atomic E-state index is 0.0740. The van der Waals surface area contributed by atoms with E-state index in [2.05, 4.69) is 16.6 Å². The van der Waals surface area contributed by atoms with Crippen molar-refractivity contribution in [2.75, 3.05) is 19.7 Å². The lowest BCUT2D eigenvalue weighted by Crippen LogP contribution is -2.41. The molecular weight excluding hydrogens is 368 g/mol. The maximum Gasteiger partial charge on any atom is 0.124 e. The van der Waals surface area contributed by atoms with Gasteiger partial charge in [-0.05, 0) is 77.2 Å². The predicted molar refractivity (Wildman–Crippen MR) is 111 cm³/mol. The molecular formula is C20H31ClN2O2S. The van der Waals surface area contributed by atoms with Gasteiger partial charge in [-0.1, -0.05) is 24.3 Å². The van der Waals surface area contributed by atoms with Gasteiger partial charge in [-0.15, -0.1) is 0 Å². The fourth-order valence-electron chi connectivity index (χ4n) is 3.07. The number of halogens is 1. The molecule has 0 amide bonds. The molecule has 0 aromatic heterocycles. The van der Waals surface area contributed by atoms with E-state index in [9.17, 15) is 4.21 Å². The van der Waals surface area contributed by atoms with Crippen LogP contribution in [0.2, 0.25) is 5.02 Å². The smallest absolute Gasteiger partial charge is 0.124 e. The van der Waals surface area contributed by atoms with Crippen LogP contribution >= 0.6 is 11.6 Å². The number of ether oxygens (including phenoxy) is 1. The second kappa shape index (κ2) is 9.36. The van der Waals surface area contributed by atoms with Crippen molar-refractivity contribution in [2.24, 2.45) is 5.92 Å². The number of benzene rings is 1. The summed E-state index contributed by atoms with van der Waals surface area (Å²) < 4.78 is 21.8. The Labute approximate surface area is 165 Å². The molecule has 6 heteroatoms. The summed E-state index contributed by atoms with van der Waals surface area (Å²) in [6.07, 6.45) is 3.77. The minimum Gasteiger partial charge on any atom is -0.489 e. The average Bonchev–Trinajstić information content (AvgIpc) is 2.60.